The average molecular weight is 101 g/mol. The molecule has 0 saturated heterocycles. The van der Waals surface area contributed by atoms with Gasteiger partial charge in [0.25, 0.3) is 0 Å². The third kappa shape index (κ3) is 1990. The van der Waals surface area contributed by atoms with Crippen molar-refractivity contribution in [3.05, 3.63) is 0 Å². The van der Waals surface area contributed by atoms with E-state index in [0.717, 1.165) is 0 Å². The summed E-state index contributed by atoms with van der Waals surface area (Å²) in [5.74, 6) is 0. The van der Waals surface area contributed by atoms with E-state index in [-0.39, 0.29) is 22.5 Å². The second-order valence-corrected chi connectivity index (χ2v) is 0. The summed E-state index contributed by atoms with van der Waals surface area (Å²) in [7, 11) is 0. The van der Waals surface area contributed by atoms with E-state index in [2.05, 4.69) is 6.57 Å². The van der Waals surface area contributed by atoms with E-state index in [1.54, 1.807) is 0 Å². The fraction of sp³-hybridized carbons (Fsp3) is 0. The van der Waals surface area contributed by atoms with Crippen LogP contribution in [0.1, 0.15) is 0 Å². The third-order valence-electron chi connectivity index (χ3n) is 0. The molecular weight excluding hydrogens is 97.9 g/mol. The Balaban J connectivity index is -0.00000000500. The van der Waals surface area contributed by atoms with Gasteiger partial charge in [-0.1, -0.05) is 0 Å². The Bertz CT molecular complexity index is 12.8. The summed E-state index contributed by atoms with van der Waals surface area (Å²) in [6, 6.07) is 0. The summed E-state index contributed by atoms with van der Waals surface area (Å²) in [6.45, 7) is 3.50. The molecule has 0 rings (SSSR count). The van der Waals surface area contributed by atoms with Gasteiger partial charge in [-0.15, -0.1) is 0 Å². The summed E-state index contributed by atoms with van der Waals surface area (Å²) in [6.07, 6.45) is 0. The van der Waals surface area contributed by atoms with Gasteiger partial charge < -0.3 is 5.48 Å². The fourth-order valence-corrected chi connectivity index (χ4v) is 0. The van der Waals surface area contributed by atoms with Crippen LogP contribution in [0.15, 0.2) is 0 Å². The van der Waals surface area contributed by atoms with Crippen LogP contribution in [-0.4, -0.2) is 5.48 Å². The van der Waals surface area contributed by atoms with E-state index in [0.29, 0.717) is 0 Å². The predicted molar refractivity (Wildman–Crippen MR) is 10.3 cm³/mol. The molecule has 0 atom stereocenters. The smallest absolute Gasteiger partial charge is 0.0462 e. The van der Waals surface area contributed by atoms with Gasteiger partial charge in [-0.05, 0) is 0 Å². The fourth-order valence-electron chi connectivity index (χ4n) is 0. The number of nitriles is 1. The standard InChI is InChI=1S/CHN.Fe.H2O/c1-2;;/h1H;;1H2. The number of nitrogens with zero attached hydrogens (tertiary/aromatic N) is 1. The van der Waals surface area contributed by atoms with Crippen LogP contribution in [0.25, 0.3) is 0 Å². The van der Waals surface area contributed by atoms with E-state index in [1.165, 1.54) is 0 Å². The molecule has 2 N–H and O–H groups in total. The van der Waals surface area contributed by atoms with E-state index < -0.39 is 0 Å². The first-order valence-electron chi connectivity index (χ1n) is 0.258. The first kappa shape index (κ1) is 37.2. The first-order valence-corrected chi connectivity index (χ1v) is 0.258. The molecule has 0 aliphatic heterocycles. The molecule has 0 fully saturated rings. The van der Waals surface area contributed by atoms with Crippen LogP contribution < -0.4 is 0 Å². The molecule has 0 saturated carbocycles. The summed E-state index contributed by atoms with van der Waals surface area (Å²) in [4.78, 5) is 0. The molecule has 0 heterocycles. The van der Waals surface area contributed by atoms with Gasteiger partial charge in [-0.2, -0.15) is 0 Å². The second kappa shape index (κ2) is 12400. The van der Waals surface area contributed by atoms with Gasteiger partial charge in [0.05, 0.1) is 0 Å². The molecule has 3 heteroatoms. The molecule has 0 aromatic heterocycles. The summed E-state index contributed by atoms with van der Waals surface area (Å²) in [5, 5.41) is 6.50. The molecule has 0 bridgehead atoms. The molecule has 0 amide bonds. The average Bonchev–Trinajstić information content (AvgIpc) is 1.00. The SMILES string of the molecule is C#N.O.[Fe]. The van der Waals surface area contributed by atoms with Crippen LogP contribution in [0.3, 0.4) is 0 Å². The number of hydrogen-bond donors (Lipinski definition) is 0. The topological polar surface area (TPSA) is 55.3 Å². The molecular formula is CH3FeNO. The van der Waals surface area contributed by atoms with E-state index in [4.69, 9.17) is 5.26 Å². The molecule has 0 aromatic rings. The summed E-state index contributed by atoms with van der Waals surface area (Å²) < 4.78 is 0. The van der Waals surface area contributed by atoms with Crippen molar-refractivity contribution in [3.8, 4) is 6.57 Å². The van der Waals surface area contributed by atoms with Crippen molar-refractivity contribution in [2.24, 2.45) is 0 Å². The van der Waals surface area contributed by atoms with Crippen molar-refractivity contribution >= 4 is 0 Å². The van der Waals surface area contributed by atoms with Gasteiger partial charge in [0.2, 0.25) is 0 Å². The zero-order valence-electron chi connectivity index (χ0n) is 1.88. The monoisotopic (exact) mass is 101 g/mol. The minimum atomic E-state index is 0. The van der Waals surface area contributed by atoms with E-state index in [9.17, 15) is 0 Å². The Morgan fingerprint density at radius 3 is 1.25 bits per heavy atom. The molecule has 0 aliphatic carbocycles. The Labute approximate surface area is 35.2 Å². The van der Waals surface area contributed by atoms with Crippen LogP contribution in [0.4, 0.5) is 0 Å². The maximum absolute atomic E-state index is 6.50. The van der Waals surface area contributed by atoms with Gasteiger partial charge in [-0.3, -0.25) is 0 Å². The van der Waals surface area contributed by atoms with Crippen molar-refractivity contribution in [2.75, 3.05) is 0 Å². The van der Waals surface area contributed by atoms with Crippen LogP contribution in [-0.2, 0) is 17.1 Å². The quantitative estimate of drug-likeness (QED) is 0.372. The minimum Gasteiger partial charge on any atom is -0.412 e. The largest absolute Gasteiger partial charge is 0.412 e. The first-order chi connectivity index (χ1) is 1.00. The van der Waals surface area contributed by atoms with Crippen molar-refractivity contribution in [1.29, 1.82) is 5.26 Å². The Morgan fingerprint density at radius 2 is 1.25 bits per heavy atom. The Morgan fingerprint density at radius 1 is 1.25 bits per heavy atom. The zero-order valence-corrected chi connectivity index (χ0v) is 2.98. The predicted octanol–water partition coefficient (Wildman–Crippen LogP) is -0.687. The van der Waals surface area contributed by atoms with Crippen LogP contribution >= 0.6 is 0 Å². The van der Waals surface area contributed by atoms with Crippen molar-refractivity contribution in [3.63, 3.8) is 0 Å². The molecule has 0 unspecified atom stereocenters. The molecule has 0 spiro atoms. The van der Waals surface area contributed by atoms with Crippen LogP contribution in [0.2, 0.25) is 0 Å². The summed E-state index contributed by atoms with van der Waals surface area (Å²) in [5.41, 5.74) is 0. The van der Waals surface area contributed by atoms with Crippen molar-refractivity contribution in [1.82, 2.24) is 0 Å². The van der Waals surface area contributed by atoms with Gasteiger partial charge in [0.1, 0.15) is 0 Å². The van der Waals surface area contributed by atoms with Crippen LogP contribution in [0, 0.1) is 11.8 Å². The van der Waals surface area contributed by atoms with E-state index >= 15 is 0 Å². The van der Waals surface area contributed by atoms with Gasteiger partial charge >= 0.3 is 0 Å². The van der Waals surface area contributed by atoms with E-state index in [1.807, 2.05) is 0 Å². The minimum absolute atomic E-state index is 0. The molecule has 0 aliphatic rings. The van der Waals surface area contributed by atoms with Gasteiger partial charge in [-0.25, -0.2) is 5.26 Å². The van der Waals surface area contributed by atoms with Crippen molar-refractivity contribution < 1.29 is 22.5 Å². The van der Waals surface area contributed by atoms with Crippen LogP contribution in [0.5, 0.6) is 0 Å². The van der Waals surface area contributed by atoms with Gasteiger partial charge in [0, 0.05) is 23.6 Å². The van der Waals surface area contributed by atoms with Gasteiger partial charge in [0.15, 0.2) is 0 Å². The third-order valence-corrected chi connectivity index (χ3v) is 0. The van der Waals surface area contributed by atoms with Crippen molar-refractivity contribution in [2.45, 2.75) is 0 Å². The summed E-state index contributed by atoms with van der Waals surface area (Å²) >= 11 is 0. The normalized spacial score (nSPS) is 0.500. The number of rotatable bonds is 0. The maximum Gasteiger partial charge on any atom is 0.0462 e. The maximum atomic E-state index is 6.50. The zero-order chi connectivity index (χ0) is 2.00. The Hall–Kier alpha value is -0.0305. The second-order valence-electron chi connectivity index (χ2n) is 0. The Kier molecular flexibility index (Phi) is 115000. The number of hydrogen-bond acceptors (Lipinski definition) is 1. The molecule has 4 heavy (non-hydrogen) atoms. The molecule has 2 nitrogen and oxygen atoms in total. The molecule has 0 aromatic carbocycles. The molecule has 0 radical (unpaired) electrons. The molecule has 26 valence electrons.